The highest BCUT2D eigenvalue weighted by Crippen LogP contribution is 2.55. The van der Waals surface area contributed by atoms with Crippen LogP contribution >= 0.6 is 11.8 Å². The molecular weight excluding hydrogens is 565 g/mol. The number of hydrogen-bond acceptors (Lipinski definition) is 1. The molecule has 45 heavy (non-hydrogen) atoms. The van der Waals surface area contributed by atoms with Gasteiger partial charge in [-0.3, -0.25) is 0 Å². The molecule has 0 fully saturated rings. The van der Waals surface area contributed by atoms with Gasteiger partial charge in [0.05, 0.1) is 22.2 Å². The topological polar surface area (TPSA) is 9.86 Å². The summed E-state index contributed by atoms with van der Waals surface area (Å²) in [6, 6.07) is 53.3. The summed E-state index contributed by atoms with van der Waals surface area (Å²) in [5.74, 6) is 0.312. The Hall–Kier alpha value is -5.25. The standard InChI is InChI=1S/C42H28N2S/c1-3-12-27(13-4-1)28-14-11-17-30(24-28)44-36-22-23-40-42(32-19-8-10-21-39(32)45-40)41(36)34-25-33-31-18-7-9-20-35(31)43(37(33)26-38(34)44)29-15-5-2-6-16-29/h1-26,40,42H. The number of rotatable bonds is 3. The van der Waals surface area contributed by atoms with E-state index in [0.29, 0.717) is 11.2 Å². The van der Waals surface area contributed by atoms with Crippen molar-refractivity contribution < 1.29 is 0 Å². The SMILES string of the molecule is C1=CC2Sc3ccccc3C2c2c1n(-c1cccc(-c3ccccc3)c1)c1cc3c(cc21)c1ccccc1n3-c1ccccc1. The van der Waals surface area contributed by atoms with Crippen molar-refractivity contribution in [1.29, 1.82) is 0 Å². The fraction of sp³-hybridized carbons (Fsp3) is 0.0476. The Morgan fingerprint density at radius 1 is 0.489 bits per heavy atom. The predicted octanol–water partition coefficient (Wildman–Crippen LogP) is 11.0. The molecule has 0 amide bonds. The predicted molar refractivity (Wildman–Crippen MR) is 190 cm³/mol. The third kappa shape index (κ3) is 3.65. The average Bonchev–Trinajstić information content (AvgIpc) is 3.75. The van der Waals surface area contributed by atoms with Crippen molar-refractivity contribution in [3.05, 3.63) is 168 Å². The smallest absolute Gasteiger partial charge is 0.0562 e. The van der Waals surface area contributed by atoms with Crippen molar-refractivity contribution in [2.24, 2.45) is 0 Å². The van der Waals surface area contributed by atoms with Gasteiger partial charge in [0.25, 0.3) is 0 Å². The molecule has 3 heterocycles. The van der Waals surface area contributed by atoms with Gasteiger partial charge >= 0.3 is 0 Å². The summed E-state index contributed by atoms with van der Waals surface area (Å²) in [5.41, 5.74) is 12.7. The molecule has 0 saturated carbocycles. The van der Waals surface area contributed by atoms with Crippen LogP contribution in [0.4, 0.5) is 0 Å². The Morgan fingerprint density at radius 3 is 2.09 bits per heavy atom. The summed E-state index contributed by atoms with van der Waals surface area (Å²) in [4.78, 5) is 1.40. The molecule has 10 rings (SSSR count). The monoisotopic (exact) mass is 592 g/mol. The maximum Gasteiger partial charge on any atom is 0.0562 e. The average molecular weight is 593 g/mol. The van der Waals surface area contributed by atoms with E-state index in [9.17, 15) is 0 Å². The fourth-order valence-electron chi connectivity index (χ4n) is 7.77. The van der Waals surface area contributed by atoms with E-state index in [-0.39, 0.29) is 0 Å². The van der Waals surface area contributed by atoms with E-state index in [1.54, 1.807) is 0 Å². The van der Waals surface area contributed by atoms with E-state index < -0.39 is 0 Å². The molecule has 6 aromatic carbocycles. The van der Waals surface area contributed by atoms with Crippen LogP contribution < -0.4 is 0 Å². The highest BCUT2D eigenvalue weighted by Gasteiger charge is 2.39. The number of hydrogen-bond donors (Lipinski definition) is 0. The zero-order valence-corrected chi connectivity index (χ0v) is 25.3. The minimum Gasteiger partial charge on any atom is -0.309 e. The first-order valence-electron chi connectivity index (χ1n) is 15.6. The quantitative estimate of drug-likeness (QED) is 0.198. The molecule has 2 aliphatic rings. The molecule has 1 aliphatic heterocycles. The zero-order valence-electron chi connectivity index (χ0n) is 24.5. The molecule has 1 aliphatic carbocycles. The molecule has 2 unspecified atom stereocenters. The summed E-state index contributed by atoms with van der Waals surface area (Å²) in [7, 11) is 0. The van der Waals surface area contributed by atoms with E-state index in [4.69, 9.17) is 0 Å². The number of thioether (sulfide) groups is 1. The second kappa shape index (κ2) is 9.62. The number of fused-ring (bicyclic) bond motifs is 10. The number of para-hydroxylation sites is 2. The fourth-order valence-corrected chi connectivity index (χ4v) is 9.12. The van der Waals surface area contributed by atoms with Crippen LogP contribution in [0.3, 0.4) is 0 Å². The molecule has 0 N–H and O–H groups in total. The minimum atomic E-state index is 0.312. The summed E-state index contributed by atoms with van der Waals surface area (Å²) in [6.45, 7) is 0. The highest BCUT2D eigenvalue weighted by molar-refractivity contribution is 8.00. The molecule has 3 heteroatoms. The van der Waals surface area contributed by atoms with Crippen LogP contribution in [0, 0.1) is 0 Å². The third-order valence-electron chi connectivity index (χ3n) is 9.66. The van der Waals surface area contributed by atoms with Gasteiger partial charge in [-0.15, -0.1) is 11.8 Å². The van der Waals surface area contributed by atoms with Crippen LogP contribution in [-0.4, -0.2) is 14.4 Å². The van der Waals surface area contributed by atoms with Gasteiger partial charge < -0.3 is 9.13 Å². The Bertz CT molecular complexity index is 2460. The van der Waals surface area contributed by atoms with Gasteiger partial charge in [-0.1, -0.05) is 103 Å². The lowest BCUT2D eigenvalue weighted by atomic mass is 9.83. The van der Waals surface area contributed by atoms with Crippen LogP contribution in [-0.2, 0) is 0 Å². The Balaban J connectivity index is 1.33. The zero-order chi connectivity index (χ0) is 29.5. The first-order valence-corrected chi connectivity index (χ1v) is 16.5. The van der Waals surface area contributed by atoms with Gasteiger partial charge in [-0.2, -0.15) is 0 Å². The molecule has 212 valence electrons. The van der Waals surface area contributed by atoms with Crippen molar-refractivity contribution >= 4 is 50.5 Å². The van der Waals surface area contributed by atoms with Gasteiger partial charge in [0.1, 0.15) is 0 Å². The molecule has 0 spiro atoms. The molecular formula is C42H28N2S. The summed E-state index contributed by atoms with van der Waals surface area (Å²) in [5, 5.41) is 4.32. The molecule has 0 saturated heterocycles. The Morgan fingerprint density at radius 2 is 1.20 bits per heavy atom. The van der Waals surface area contributed by atoms with Gasteiger partial charge in [0.15, 0.2) is 0 Å². The molecule has 0 radical (unpaired) electrons. The number of aromatic nitrogens is 2. The van der Waals surface area contributed by atoms with Crippen molar-refractivity contribution in [1.82, 2.24) is 9.13 Å². The van der Waals surface area contributed by atoms with Crippen LogP contribution in [0.25, 0.3) is 61.3 Å². The lowest BCUT2D eigenvalue weighted by molar-refractivity contribution is 0.843. The number of benzene rings is 6. The molecule has 2 aromatic heterocycles. The lowest BCUT2D eigenvalue weighted by Crippen LogP contribution is -2.14. The highest BCUT2D eigenvalue weighted by atomic mass is 32.2. The molecule has 2 nitrogen and oxygen atoms in total. The Labute approximate surface area is 265 Å². The van der Waals surface area contributed by atoms with Gasteiger partial charge in [-0.05, 0) is 76.9 Å². The normalized spacial score (nSPS) is 16.7. The van der Waals surface area contributed by atoms with Crippen LogP contribution in [0.5, 0.6) is 0 Å². The van der Waals surface area contributed by atoms with Crippen LogP contribution in [0.1, 0.15) is 22.7 Å². The van der Waals surface area contributed by atoms with Crippen LogP contribution in [0.15, 0.2) is 157 Å². The second-order valence-electron chi connectivity index (χ2n) is 12.1. The first-order chi connectivity index (χ1) is 22.3. The van der Waals surface area contributed by atoms with Crippen molar-refractivity contribution in [3.8, 4) is 22.5 Å². The van der Waals surface area contributed by atoms with Gasteiger partial charge in [-0.25, -0.2) is 0 Å². The van der Waals surface area contributed by atoms with E-state index in [0.717, 1.165) is 0 Å². The Kier molecular flexibility index (Phi) is 5.37. The van der Waals surface area contributed by atoms with Crippen molar-refractivity contribution in [2.45, 2.75) is 16.1 Å². The summed E-state index contributed by atoms with van der Waals surface area (Å²) in [6.07, 6.45) is 4.83. The van der Waals surface area contributed by atoms with E-state index in [1.807, 2.05) is 11.8 Å². The largest absolute Gasteiger partial charge is 0.309 e. The molecule has 0 bridgehead atoms. The third-order valence-corrected chi connectivity index (χ3v) is 11.0. The van der Waals surface area contributed by atoms with E-state index >= 15 is 0 Å². The summed E-state index contributed by atoms with van der Waals surface area (Å²) >= 11 is 2.00. The van der Waals surface area contributed by atoms with Gasteiger partial charge in [0, 0.05) is 43.6 Å². The second-order valence-corrected chi connectivity index (χ2v) is 13.3. The maximum atomic E-state index is 2.52. The lowest BCUT2D eigenvalue weighted by Gasteiger charge is -2.23. The molecule has 8 aromatic rings. The van der Waals surface area contributed by atoms with Crippen molar-refractivity contribution in [3.63, 3.8) is 0 Å². The van der Waals surface area contributed by atoms with Gasteiger partial charge in [0.2, 0.25) is 0 Å². The first kappa shape index (κ1) is 25.1. The van der Waals surface area contributed by atoms with E-state index in [2.05, 4.69) is 167 Å². The molecule has 2 atom stereocenters. The van der Waals surface area contributed by atoms with E-state index in [1.165, 1.54) is 76.9 Å². The number of nitrogens with zero attached hydrogens (tertiary/aromatic N) is 2. The maximum absolute atomic E-state index is 2.52. The minimum absolute atomic E-state index is 0.312. The van der Waals surface area contributed by atoms with Crippen LogP contribution in [0.2, 0.25) is 0 Å². The summed E-state index contributed by atoms with van der Waals surface area (Å²) < 4.78 is 4.95. The van der Waals surface area contributed by atoms with Crippen molar-refractivity contribution in [2.75, 3.05) is 0 Å².